The zero-order valence-corrected chi connectivity index (χ0v) is 23.6. The first kappa shape index (κ1) is 28.2. The van der Waals surface area contributed by atoms with Gasteiger partial charge in [0, 0.05) is 30.6 Å². The van der Waals surface area contributed by atoms with E-state index in [0.717, 1.165) is 6.42 Å². The van der Waals surface area contributed by atoms with E-state index in [-0.39, 0.29) is 30.9 Å². The third kappa shape index (κ3) is 4.24. The van der Waals surface area contributed by atoms with Crippen LogP contribution in [0.3, 0.4) is 0 Å². The SMILES string of the molecule is C=CCN(C)C(=O)[C@H]1[C@H]2C(=O)N([C@@H](CC)CO)C(C(=O)N(CC=C)c3ccc(OC)cc3)C23CC[C@]1(C)S3. The van der Waals surface area contributed by atoms with Crippen molar-refractivity contribution in [1.29, 1.82) is 0 Å². The molecule has 1 spiro atoms. The predicted molar refractivity (Wildman–Crippen MR) is 150 cm³/mol. The minimum Gasteiger partial charge on any atom is -0.497 e. The summed E-state index contributed by atoms with van der Waals surface area (Å²) in [5.74, 6) is -1.04. The van der Waals surface area contributed by atoms with Gasteiger partial charge in [-0.15, -0.1) is 24.9 Å². The molecule has 3 heterocycles. The summed E-state index contributed by atoms with van der Waals surface area (Å²) in [5, 5.41) is 10.3. The van der Waals surface area contributed by atoms with Crippen LogP contribution in [-0.2, 0) is 14.4 Å². The predicted octanol–water partition coefficient (Wildman–Crippen LogP) is 3.11. The smallest absolute Gasteiger partial charge is 0.251 e. The summed E-state index contributed by atoms with van der Waals surface area (Å²) in [5.41, 5.74) is 0.669. The Morgan fingerprint density at radius 1 is 1.21 bits per heavy atom. The lowest BCUT2D eigenvalue weighted by Crippen LogP contribution is -2.57. The van der Waals surface area contributed by atoms with Gasteiger partial charge in [-0.3, -0.25) is 14.4 Å². The first-order chi connectivity index (χ1) is 18.1. The van der Waals surface area contributed by atoms with E-state index >= 15 is 0 Å². The van der Waals surface area contributed by atoms with Crippen molar-refractivity contribution in [2.45, 2.75) is 54.7 Å². The van der Waals surface area contributed by atoms with Crippen LogP contribution in [0.15, 0.2) is 49.6 Å². The molecule has 38 heavy (non-hydrogen) atoms. The van der Waals surface area contributed by atoms with Crippen molar-refractivity contribution in [2.24, 2.45) is 11.8 Å². The summed E-state index contributed by atoms with van der Waals surface area (Å²) in [7, 11) is 3.32. The van der Waals surface area contributed by atoms with Crippen molar-refractivity contribution in [3.8, 4) is 5.75 Å². The Hall–Kier alpha value is -2.78. The van der Waals surface area contributed by atoms with Gasteiger partial charge < -0.3 is 24.5 Å². The van der Waals surface area contributed by atoms with Crippen LogP contribution in [0.25, 0.3) is 0 Å². The Morgan fingerprint density at radius 2 is 1.87 bits per heavy atom. The number of nitrogens with zero attached hydrogens (tertiary/aromatic N) is 3. The minimum absolute atomic E-state index is 0.0944. The van der Waals surface area contributed by atoms with Crippen molar-refractivity contribution in [1.82, 2.24) is 9.80 Å². The highest BCUT2D eigenvalue weighted by Gasteiger charge is 2.78. The quantitative estimate of drug-likeness (QED) is 0.433. The van der Waals surface area contributed by atoms with Crippen molar-refractivity contribution in [3.63, 3.8) is 0 Å². The van der Waals surface area contributed by atoms with Gasteiger partial charge in [0.25, 0.3) is 5.91 Å². The largest absolute Gasteiger partial charge is 0.497 e. The number of rotatable bonds is 11. The van der Waals surface area contributed by atoms with Crippen molar-refractivity contribution in [3.05, 3.63) is 49.6 Å². The molecule has 3 fully saturated rings. The zero-order valence-electron chi connectivity index (χ0n) is 22.8. The van der Waals surface area contributed by atoms with Gasteiger partial charge in [0.2, 0.25) is 11.8 Å². The number of aliphatic hydroxyl groups excluding tert-OH is 1. The van der Waals surface area contributed by atoms with Gasteiger partial charge >= 0.3 is 0 Å². The number of likely N-dealkylation sites (tertiary alicyclic amines) is 1. The Morgan fingerprint density at radius 3 is 2.42 bits per heavy atom. The molecule has 3 saturated heterocycles. The molecule has 0 radical (unpaired) electrons. The second-order valence-electron chi connectivity index (χ2n) is 10.7. The van der Waals surface area contributed by atoms with Crippen LogP contribution in [0.5, 0.6) is 5.75 Å². The molecular weight excluding hydrogens is 502 g/mol. The fourth-order valence-electron chi connectivity index (χ4n) is 6.71. The lowest BCUT2D eigenvalue weighted by molar-refractivity contribution is -0.145. The van der Waals surface area contributed by atoms with Crippen LogP contribution >= 0.6 is 11.8 Å². The number of benzene rings is 1. The van der Waals surface area contributed by atoms with Gasteiger partial charge in [-0.25, -0.2) is 0 Å². The minimum atomic E-state index is -0.812. The summed E-state index contributed by atoms with van der Waals surface area (Å²) < 4.78 is 4.08. The molecule has 1 aromatic rings. The molecule has 1 aromatic carbocycles. The van der Waals surface area contributed by atoms with Crippen molar-refractivity contribution in [2.75, 3.05) is 38.8 Å². The molecule has 4 rings (SSSR count). The first-order valence-corrected chi connectivity index (χ1v) is 14.0. The van der Waals surface area contributed by atoms with E-state index in [1.807, 2.05) is 19.1 Å². The summed E-state index contributed by atoms with van der Waals surface area (Å²) in [4.78, 5) is 47.5. The maximum absolute atomic E-state index is 14.6. The topological polar surface area (TPSA) is 90.4 Å². The lowest BCUT2D eigenvalue weighted by Gasteiger charge is -2.39. The molecule has 1 N–H and O–H groups in total. The molecule has 2 unspecified atom stereocenters. The molecule has 6 atom stereocenters. The first-order valence-electron chi connectivity index (χ1n) is 13.2. The third-order valence-electron chi connectivity index (χ3n) is 8.53. The van der Waals surface area contributed by atoms with E-state index < -0.39 is 33.4 Å². The molecule has 9 heteroatoms. The number of fused-ring (bicyclic) bond motifs is 1. The molecule has 3 amide bonds. The second kappa shape index (κ2) is 10.8. The Balaban J connectivity index is 1.83. The highest BCUT2D eigenvalue weighted by molar-refractivity contribution is 8.02. The van der Waals surface area contributed by atoms with E-state index in [2.05, 4.69) is 20.1 Å². The summed E-state index contributed by atoms with van der Waals surface area (Å²) >= 11 is 1.63. The van der Waals surface area contributed by atoms with Crippen molar-refractivity contribution < 1.29 is 24.2 Å². The monoisotopic (exact) mass is 541 g/mol. The number of hydrogen-bond donors (Lipinski definition) is 1. The van der Waals surface area contributed by atoms with E-state index in [4.69, 9.17) is 4.74 Å². The Kier molecular flexibility index (Phi) is 8.00. The van der Waals surface area contributed by atoms with Crippen LogP contribution in [0.2, 0.25) is 0 Å². The van der Waals surface area contributed by atoms with Gasteiger partial charge in [-0.2, -0.15) is 0 Å². The maximum Gasteiger partial charge on any atom is 0.251 e. The summed E-state index contributed by atoms with van der Waals surface area (Å²) in [6.45, 7) is 12.0. The van der Waals surface area contributed by atoms with E-state index in [1.54, 1.807) is 64.9 Å². The molecule has 206 valence electrons. The average Bonchev–Trinajstić information content (AvgIpc) is 3.48. The molecule has 3 aliphatic heterocycles. The summed E-state index contributed by atoms with van der Waals surface area (Å²) in [6.07, 6.45) is 5.22. The number of methoxy groups -OCH3 is 1. The van der Waals surface area contributed by atoms with Gasteiger partial charge in [0.1, 0.15) is 11.8 Å². The van der Waals surface area contributed by atoms with Gasteiger partial charge in [0.15, 0.2) is 0 Å². The average molecular weight is 542 g/mol. The number of likely N-dealkylation sites (N-methyl/N-ethyl adjacent to an activating group) is 1. The van der Waals surface area contributed by atoms with Gasteiger partial charge in [-0.05, 0) is 50.5 Å². The lowest BCUT2D eigenvalue weighted by atomic mass is 9.66. The maximum atomic E-state index is 14.6. The molecule has 0 saturated carbocycles. The number of carbonyl (C=O) groups excluding carboxylic acids is 3. The molecular formula is C29H39N3O5S. The van der Waals surface area contributed by atoms with Crippen LogP contribution in [-0.4, -0.2) is 88.1 Å². The standard InChI is InChI=1S/C29H39N3O5S/c1-7-16-30(5)25(34)22-23-26(35)32(19(9-3)18-33)24(29(23)15-14-28(22,4)38-29)27(36)31(17-8-2)20-10-12-21(37-6)13-11-20/h7-8,10-13,19,22-24,33H,1-2,9,14-18H2,3-6H3/t19-,22+,23-,24?,28-,29?/m0/s1. The van der Waals surface area contributed by atoms with Gasteiger partial charge in [-0.1, -0.05) is 19.1 Å². The third-order valence-corrected chi connectivity index (χ3v) is 10.5. The normalized spacial score (nSPS) is 30.1. The van der Waals surface area contributed by atoms with Crippen LogP contribution in [0, 0.1) is 11.8 Å². The van der Waals surface area contributed by atoms with E-state index in [9.17, 15) is 19.5 Å². The second-order valence-corrected chi connectivity index (χ2v) is 12.6. The number of carbonyl (C=O) groups is 3. The fourth-order valence-corrected chi connectivity index (χ4v) is 9.04. The highest BCUT2D eigenvalue weighted by Crippen LogP contribution is 2.72. The molecule has 0 aliphatic carbocycles. The molecule has 8 nitrogen and oxygen atoms in total. The Labute approximate surface area is 229 Å². The van der Waals surface area contributed by atoms with E-state index in [0.29, 0.717) is 30.8 Å². The summed E-state index contributed by atoms with van der Waals surface area (Å²) in [6, 6.07) is 5.89. The number of thioether (sulfide) groups is 1. The van der Waals surface area contributed by atoms with Crippen LogP contribution in [0.4, 0.5) is 5.69 Å². The van der Waals surface area contributed by atoms with Crippen LogP contribution < -0.4 is 9.64 Å². The Bertz CT molecular complexity index is 1110. The zero-order chi connectivity index (χ0) is 27.8. The van der Waals surface area contributed by atoms with E-state index in [1.165, 1.54) is 0 Å². The molecule has 2 bridgehead atoms. The number of aliphatic hydroxyl groups is 1. The number of hydrogen-bond acceptors (Lipinski definition) is 6. The molecule has 3 aliphatic rings. The van der Waals surface area contributed by atoms with Gasteiger partial charge in [0.05, 0.1) is 36.3 Å². The van der Waals surface area contributed by atoms with Crippen molar-refractivity contribution >= 4 is 35.2 Å². The molecule has 0 aromatic heterocycles. The highest BCUT2D eigenvalue weighted by atomic mass is 32.2. The number of amides is 3. The fraction of sp³-hybridized carbons (Fsp3) is 0.552. The number of ether oxygens (including phenoxy) is 1. The van der Waals surface area contributed by atoms with Crippen LogP contribution in [0.1, 0.15) is 33.1 Å². The number of anilines is 1.